The Morgan fingerprint density at radius 1 is 1.16 bits per heavy atom. The molecular formula is C21H19ClO3. The zero-order valence-electron chi connectivity index (χ0n) is 13.7. The largest absolute Gasteiger partial charge is 0.513 e. The van der Waals surface area contributed by atoms with Crippen molar-refractivity contribution in [2.45, 2.75) is 25.4 Å². The van der Waals surface area contributed by atoms with Crippen LogP contribution in [0.1, 0.15) is 45.8 Å². The molecule has 0 radical (unpaired) electrons. The normalized spacial score (nSPS) is 15.6. The van der Waals surface area contributed by atoms with Gasteiger partial charge in [0.25, 0.3) is 0 Å². The van der Waals surface area contributed by atoms with E-state index in [1.54, 1.807) is 24.3 Å². The van der Waals surface area contributed by atoms with Gasteiger partial charge >= 0.3 is 0 Å². The molecule has 1 unspecified atom stereocenters. The second-order valence-corrected chi connectivity index (χ2v) is 6.62. The Balaban J connectivity index is 1.98. The lowest BCUT2D eigenvalue weighted by molar-refractivity contribution is 0.0977. The van der Waals surface area contributed by atoms with Crippen LogP contribution in [0.15, 0.2) is 60.9 Å². The maximum Gasteiger partial charge on any atom is 0.174 e. The third-order valence-corrected chi connectivity index (χ3v) is 4.70. The molecule has 2 aromatic rings. The van der Waals surface area contributed by atoms with E-state index in [9.17, 15) is 15.0 Å². The van der Waals surface area contributed by atoms with E-state index >= 15 is 0 Å². The van der Waals surface area contributed by atoms with Crippen LogP contribution in [-0.4, -0.2) is 16.0 Å². The number of ketones is 1. The van der Waals surface area contributed by atoms with Crippen LogP contribution in [-0.2, 0) is 6.61 Å². The first-order chi connectivity index (χ1) is 12.0. The smallest absolute Gasteiger partial charge is 0.174 e. The zero-order chi connectivity index (χ0) is 18.0. The van der Waals surface area contributed by atoms with Crippen molar-refractivity contribution >= 4 is 23.0 Å². The SMILES string of the molecule is C=C(O)CCC1=CC(C(=O)c2ccc(Cl)cc2)c2ccc(CO)cc21. The Labute approximate surface area is 151 Å². The molecule has 3 nitrogen and oxygen atoms in total. The van der Waals surface area contributed by atoms with Crippen molar-refractivity contribution in [1.82, 2.24) is 0 Å². The van der Waals surface area contributed by atoms with Gasteiger partial charge in [-0.3, -0.25) is 4.79 Å². The highest BCUT2D eigenvalue weighted by Crippen LogP contribution is 2.40. The summed E-state index contributed by atoms with van der Waals surface area (Å²) in [7, 11) is 0. The van der Waals surface area contributed by atoms with E-state index in [4.69, 9.17) is 11.6 Å². The first kappa shape index (κ1) is 17.5. The fourth-order valence-electron chi connectivity index (χ4n) is 3.14. The van der Waals surface area contributed by atoms with Crippen LogP contribution in [0.25, 0.3) is 5.57 Å². The number of fused-ring (bicyclic) bond motifs is 1. The Hall–Kier alpha value is -2.36. The van der Waals surface area contributed by atoms with Gasteiger partial charge in [-0.15, -0.1) is 0 Å². The standard InChI is InChI=1S/C21H19ClO3/c1-13(24)2-4-16-11-20(18-9-3-14(12-23)10-19(16)18)21(25)15-5-7-17(22)8-6-15/h3,5-11,20,23-24H,1-2,4,12H2. The highest BCUT2D eigenvalue weighted by atomic mass is 35.5. The molecule has 0 fully saturated rings. The van der Waals surface area contributed by atoms with Gasteiger partial charge < -0.3 is 10.2 Å². The molecule has 2 aromatic carbocycles. The van der Waals surface area contributed by atoms with Crippen LogP contribution >= 0.6 is 11.6 Å². The molecule has 0 spiro atoms. The summed E-state index contributed by atoms with van der Waals surface area (Å²) < 4.78 is 0. The second-order valence-electron chi connectivity index (χ2n) is 6.19. The molecule has 0 saturated carbocycles. The Kier molecular flexibility index (Phi) is 5.07. The summed E-state index contributed by atoms with van der Waals surface area (Å²) in [6, 6.07) is 12.5. The van der Waals surface area contributed by atoms with Crippen LogP contribution in [0, 0.1) is 0 Å². The average Bonchev–Trinajstić information content (AvgIpc) is 2.97. The highest BCUT2D eigenvalue weighted by molar-refractivity contribution is 6.30. The summed E-state index contributed by atoms with van der Waals surface area (Å²) in [4.78, 5) is 13.0. The quantitative estimate of drug-likeness (QED) is 0.564. The maximum atomic E-state index is 13.0. The van der Waals surface area contributed by atoms with E-state index in [1.807, 2.05) is 24.3 Å². The van der Waals surface area contributed by atoms with E-state index in [0.717, 1.165) is 22.3 Å². The van der Waals surface area contributed by atoms with Crippen molar-refractivity contribution < 1.29 is 15.0 Å². The molecule has 4 heteroatoms. The van der Waals surface area contributed by atoms with Gasteiger partial charge in [-0.05, 0) is 59.0 Å². The van der Waals surface area contributed by atoms with E-state index in [0.29, 0.717) is 23.4 Å². The van der Waals surface area contributed by atoms with Crippen molar-refractivity contribution in [2.75, 3.05) is 0 Å². The molecule has 2 N–H and O–H groups in total. The minimum atomic E-state index is -0.370. The van der Waals surface area contributed by atoms with Gasteiger partial charge in [0.2, 0.25) is 0 Å². The van der Waals surface area contributed by atoms with Gasteiger partial charge in [0.15, 0.2) is 5.78 Å². The molecule has 0 aliphatic heterocycles. The summed E-state index contributed by atoms with van der Waals surface area (Å²) in [5.74, 6) is -0.244. The van der Waals surface area contributed by atoms with Crippen molar-refractivity contribution in [3.8, 4) is 0 Å². The van der Waals surface area contributed by atoms with Crippen LogP contribution in [0.5, 0.6) is 0 Å². The summed E-state index contributed by atoms with van der Waals surface area (Å²) in [5, 5.41) is 19.4. The van der Waals surface area contributed by atoms with Gasteiger partial charge in [0.1, 0.15) is 0 Å². The van der Waals surface area contributed by atoms with Gasteiger partial charge in [0, 0.05) is 17.0 Å². The number of benzene rings is 2. The van der Waals surface area contributed by atoms with Gasteiger partial charge in [0.05, 0.1) is 18.3 Å². The summed E-state index contributed by atoms with van der Waals surface area (Å²) in [6.45, 7) is 3.47. The van der Waals surface area contributed by atoms with Crippen LogP contribution < -0.4 is 0 Å². The molecule has 1 aliphatic rings. The first-order valence-corrected chi connectivity index (χ1v) is 8.48. The van der Waals surface area contributed by atoms with Gasteiger partial charge in [-0.2, -0.15) is 0 Å². The van der Waals surface area contributed by atoms with Crippen molar-refractivity contribution in [2.24, 2.45) is 0 Å². The van der Waals surface area contributed by atoms with Crippen LogP contribution in [0.3, 0.4) is 0 Å². The number of hydrogen-bond acceptors (Lipinski definition) is 3. The third-order valence-electron chi connectivity index (χ3n) is 4.44. The molecule has 3 rings (SSSR count). The monoisotopic (exact) mass is 354 g/mol. The number of aliphatic hydroxyl groups is 2. The summed E-state index contributed by atoms with van der Waals surface area (Å²) in [5.41, 5.74) is 4.28. The minimum absolute atomic E-state index is 0.00694. The molecular weight excluding hydrogens is 336 g/mol. The molecule has 0 amide bonds. The number of carbonyl (C=O) groups is 1. The predicted molar refractivity (Wildman–Crippen MR) is 99.9 cm³/mol. The van der Waals surface area contributed by atoms with E-state index < -0.39 is 0 Å². The molecule has 1 aliphatic carbocycles. The van der Waals surface area contributed by atoms with Crippen LogP contribution in [0.4, 0.5) is 0 Å². The van der Waals surface area contributed by atoms with Gasteiger partial charge in [-0.1, -0.05) is 36.4 Å². The second kappa shape index (κ2) is 7.26. The topological polar surface area (TPSA) is 57.5 Å². The average molecular weight is 355 g/mol. The number of halogens is 1. The maximum absolute atomic E-state index is 13.0. The van der Waals surface area contributed by atoms with Crippen molar-refractivity contribution in [3.05, 3.63) is 88.2 Å². The first-order valence-electron chi connectivity index (χ1n) is 8.11. The molecule has 1 atom stereocenters. The van der Waals surface area contributed by atoms with Crippen molar-refractivity contribution in [3.63, 3.8) is 0 Å². The Morgan fingerprint density at radius 3 is 2.52 bits per heavy atom. The highest BCUT2D eigenvalue weighted by Gasteiger charge is 2.29. The third kappa shape index (κ3) is 3.68. The predicted octanol–water partition coefficient (Wildman–Crippen LogP) is 5.05. The number of aliphatic hydroxyl groups excluding tert-OH is 2. The Bertz CT molecular complexity index is 850. The molecule has 128 valence electrons. The molecule has 0 bridgehead atoms. The lowest BCUT2D eigenvalue weighted by Crippen LogP contribution is -2.09. The lowest BCUT2D eigenvalue weighted by Gasteiger charge is -2.11. The zero-order valence-corrected chi connectivity index (χ0v) is 14.5. The van der Waals surface area contributed by atoms with Gasteiger partial charge in [-0.25, -0.2) is 0 Å². The van der Waals surface area contributed by atoms with E-state index in [1.165, 1.54) is 0 Å². The Morgan fingerprint density at radius 2 is 1.88 bits per heavy atom. The number of hydrogen-bond donors (Lipinski definition) is 2. The van der Waals surface area contributed by atoms with E-state index in [-0.39, 0.29) is 24.1 Å². The summed E-state index contributed by atoms with van der Waals surface area (Å²) >= 11 is 5.91. The molecule has 0 aromatic heterocycles. The van der Waals surface area contributed by atoms with E-state index in [2.05, 4.69) is 6.58 Å². The molecule has 0 saturated heterocycles. The lowest BCUT2D eigenvalue weighted by atomic mass is 9.91. The fraction of sp³-hybridized carbons (Fsp3) is 0.190. The fourth-order valence-corrected chi connectivity index (χ4v) is 3.27. The number of carbonyl (C=O) groups excluding carboxylic acids is 1. The number of Topliss-reactive ketones (excluding diaryl/α,β-unsaturated/α-hetero) is 1. The van der Waals surface area contributed by atoms with Crippen LogP contribution in [0.2, 0.25) is 5.02 Å². The number of rotatable bonds is 6. The molecule has 0 heterocycles. The minimum Gasteiger partial charge on any atom is -0.513 e. The van der Waals surface area contributed by atoms with Crippen molar-refractivity contribution in [1.29, 1.82) is 0 Å². The summed E-state index contributed by atoms with van der Waals surface area (Å²) in [6.07, 6.45) is 2.99. The molecule has 25 heavy (non-hydrogen) atoms. The number of allylic oxidation sites excluding steroid dienone is 3.